The molecule has 2 unspecified atom stereocenters. The lowest BCUT2D eigenvalue weighted by Gasteiger charge is -2.42. The van der Waals surface area contributed by atoms with Crippen molar-refractivity contribution in [2.45, 2.75) is 25.2 Å². The Morgan fingerprint density at radius 2 is 1.57 bits per heavy atom. The smallest absolute Gasteiger partial charge is 0.0885 e. The van der Waals surface area contributed by atoms with E-state index in [0.29, 0.717) is 0 Å². The first kappa shape index (κ1) is 11.9. The van der Waals surface area contributed by atoms with E-state index in [-0.39, 0.29) is 25.7 Å². The summed E-state index contributed by atoms with van der Waals surface area (Å²) in [6.45, 7) is 1.08. The summed E-state index contributed by atoms with van der Waals surface area (Å²) in [5.74, 6) is -0.710. The third-order valence-corrected chi connectivity index (χ3v) is 2.96. The van der Waals surface area contributed by atoms with Gasteiger partial charge in [0.05, 0.1) is 38.1 Å². The van der Waals surface area contributed by atoms with Gasteiger partial charge in [0.15, 0.2) is 0 Å². The Labute approximate surface area is 82.9 Å². The molecule has 5 atom stereocenters. The maximum absolute atomic E-state index is 9.78. The van der Waals surface area contributed by atoms with Gasteiger partial charge in [0.25, 0.3) is 0 Å². The van der Waals surface area contributed by atoms with E-state index in [1.165, 1.54) is 0 Å². The van der Waals surface area contributed by atoms with Crippen molar-refractivity contribution < 1.29 is 25.2 Å². The highest BCUT2D eigenvalue weighted by molar-refractivity contribution is 4.89. The van der Waals surface area contributed by atoms with Crippen LogP contribution in [-0.2, 0) is 4.74 Å². The Hall–Kier alpha value is -0.200. The van der Waals surface area contributed by atoms with Gasteiger partial charge in [-0.25, -0.2) is 0 Å². The van der Waals surface area contributed by atoms with Crippen LogP contribution in [0.2, 0.25) is 0 Å². The fraction of sp³-hybridized carbons (Fsp3) is 1.00. The third kappa shape index (κ3) is 2.07. The molecule has 0 aromatic carbocycles. The van der Waals surface area contributed by atoms with E-state index in [4.69, 9.17) is 20.1 Å². The summed E-state index contributed by atoms with van der Waals surface area (Å²) >= 11 is 0. The van der Waals surface area contributed by atoms with Crippen LogP contribution in [-0.4, -0.2) is 58.6 Å². The molecule has 0 aromatic rings. The number of rotatable bonds is 3. The van der Waals surface area contributed by atoms with Crippen LogP contribution in [0.5, 0.6) is 0 Å². The molecule has 84 valence electrons. The Bertz CT molecular complexity index is 173. The Balaban J connectivity index is 2.71. The normalized spacial score (nSPS) is 43.9. The summed E-state index contributed by atoms with van der Waals surface area (Å²) in [5.41, 5.74) is 0. The molecule has 0 aromatic heterocycles. The molecule has 0 radical (unpaired) electrons. The zero-order chi connectivity index (χ0) is 10.7. The molecule has 1 saturated heterocycles. The molecule has 0 amide bonds. The summed E-state index contributed by atoms with van der Waals surface area (Å²) in [6, 6.07) is 0. The summed E-state index contributed by atoms with van der Waals surface area (Å²) in [5, 5.41) is 36.8. The highest BCUT2D eigenvalue weighted by atomic mass is 16.5. The number of aliphatic hydroxyl groups is 4. The van der Waals surface area contributed by atoms with E-state index in [1.54, 1.807) is 6.92 Å². The minimum atomic E-state index is -0.747. The first-order valence-electron chi connectivity index (χ1n) is 4.81. The number of hydrogen-bond donors (Lipinski definition) is 4. The second kappa shape index (κ2) is 5.04. The third-order valence-electron chi connectivity index (χ3n) is 2.96. The molecule has 5 heteroatoms. The van der Waals surface area contributed by atoms with Gasteiger partial charge in [0, 0.05) is 11.8 Å². The van der Waals surface area contributed by atoms with Gasteiger partial charge in [-0.15, -0.1) is 0 Å². The van der Waals surface area contributed by atoms with Crippen LogP contribution in [0, 0.1) is 11.8 Å². The molecular formula is C9H18O5. The van der Waals surface area contributed by atoms with Crippen LogP contribution in [0.15, 0.2) is 0 Å². The Morgan fingerprint density at radius 3 is 2.00 bits per heavy atom. The molecule has 1 aliphatic rings. The maximum atomic E-state index is 9.78. The molecule has 0 spiro atoms. The van der Waals surface area contributed by atoms with E-state index in [9.17, 15) is 5.11 Å². The lowest BCUT2D eigenvalue weighted by atomic mass is 9.82. The van der Waals surface area contributed by atoms with Crippen molar-refractivity contribution in [2.24, 2.45) is 11.8 Å². The van der Waals surface area contributed by atoms with Crippen molar-refractivity contribution >= 4 is 0 Å². The number of ether oxygens (including phenoxy) is 1. The highest BCUT2D eigenvalue weighted by Gasteiger charge is 2.41. The molecule has 0 aliphatic carbocycles. The standard InChI is InChI=1S/C9H18O5/c1-5-7(3-11)14-8(4-12)6(2-10)9(5)13/h5-13H,2-4H2,1H3/t5-,6?,7?,8+,9-/m1/s1. The van der Waals surface area contributed by atoms with Crippen LogP contribution >= 0.6 is 0 Å². The molecule has 5 nitrogen and oxygen atoms in total. The van der Waals surface area contributed by atoms with Gasteiger partial charge in [0.1, 0.15) is 0 Å². The van der Waals surface area contributed by atoms with Gasteiger partial charge in [-0.1, -0.05) is 6.92 Å². The van der Waals surface area contributed by atoms with Gasteiger partial charge in [-0.3, -0.25) is 0 Å². The molecule has 1 aliphatic heterocycles. The van der Waals surface area contributed by atoms with Crippen molar-refractivity contribution in [2.75, 3.05) is 19.8 Å². The Morgan fingerprint density at radius 1 is 1.00 bits per heavy atom. The molecule has 14 heavy (non-hydrogen) atoms. The van der Waals surface area contributed by atoms with Crippen LogP contribution in [0.4, 0.5) is 0 Å². The predicted molar refractivity (Wildman–Crippen MR) is 48.6 cm³/mol. The minimum absolute atomic E-state index is 0.188. The lowest BCUT2D eigenvalue weighted by Crippen LogP contribution is -2.53. The SMILES string of the molecule is C[C@@H]1C(CO)O[C@@H](CO)C(CO)[C@@H]1O. The van der Waals surface area contributed by atoms with Gasteiger partial charge in [0.2, 0.25) is 0 Å². The van der Waals surface area contributed by atoms with Gasteiger partial charge in [-0.05, 0) is 0 Å². The fourth-order valence-corrected chi connectivity index (χ4v) is 1.89. The second-order valence-corrected chi connectivity index (χ2v) is 3.77. The summed E-state index contributed by atoms with van der Waals surface area (Å²) in [4.78, 5) is 0. The predicted octanol–water partition coefficient (Wildman–Crippen LogP) is -1.66. The highest BCUT2D eigenvalue weighted by Crippen LogP contribution is 2.29. The van der Waals surface area contributed by atoms with E-state index in [2.05, 4.69) is 0 Å². The van der Waals surface area contributed by atoms with Gasteiger partial charge in [-0.2, -0.15) is 0 Å². The van der Waals surface area contributed by atoms with Crippen molar-refractivity contribution in [3.05, 3.63) is 0 Å². The van der Waals surface area contributed by atoms with E-state index in [0.717, 1.165) is 0 Å². The number of aliphatic hydroxyl groups excluding tert-OH is 4. The van der Waals surface area contributed by atoms with Crippen LogP contribution in [0.1, 0.15) is 6.92 Å². The molecule has 4 N–H and O–H groups in total. The molecular weight excluding hydrogens is 188 g/mol. The minimum Gasteiger partial charge on any atom is -0.396 e. The van der Waals surface area contributed by atoms with E-state index >= 15 is 0 Å². The molecule has 1 heterocycles. The largest absolute Gasteiger partial charge is 0.396 e. The quantitative estimate of drug-likeness (QED) is 0.444. The first-order chi connectivity index (χ1) is 6.65. The summed E-state index contributed by atoms with van der Waals surface area (Å²) in [7, 11) is 0. The van der Waals surface area contributed by atoms with Crippen molar-refractivity contribution in [3.8, 4) is 0 Å². The monoisotopic (exact) mass is 206 g/mol. The zero-order valence-corrected chi connectivity index (χ0v) is 8.21. The van der Waals surface area contributed by atoms with Crippen molar-refractivity contribution in [3.63, 3.8) is 0 Å². The van der Waals surface area contributed by atoms with Crippen molar-refractivity contribution in [1.82, 2.24) is 0 Å². The number of hydrogen-bond acceptors (Lipinski definition) is 5. The van der Waals surface area contributed by atoms with Gasteiger partial charge < -0.3 is 25.2 Å². The topological polar surface area (TPSA) is 90.2 Å². The second-order valence-electron chi connectivity index (χ2n) is 3.77. The lowest BCUT2D eigenvalue weighted by molar-refractivity contribution is -0.196. The van der Waals surface area contributed by atoms with Gasteiger partial charge >= 0.3 is 0 Å². The van der Waals surface area contributed by atoms with E-state index < -0.39 is 24.2 Å². The van der Waals surface area contributed by atoms with Crippen LogP contribution in [0.25, 0.3) is 0 Å². The zero-order valence-electron chi connectivity index (χ0n) is 8.21. The van der Waals surface area contributed by atoms with E-state index in [1.807, 2.05) is 0 Å². The average Bonchev–Trinajstić information content (AvgIpc) is 2.21. The molecule has 1 fully saturated rings. The van der Waals surface area contributed by atoms with Crippen LogP contribution in [0.3, 0.4) is 0 Å². The summed E-state index contributed by atoms with van der Waals surface area (Å²) in [6.07, 6.45) is -1.81. The molecule has 0 saturated carbocycles. The van der Waals surface area contributed by atoms with Crippen molar-refractivity contribution in [1.29, 1.82) is 0 Å². The average molecular weight is 206 g/mol. The maximum Gasteiger partial charge on any atom is 0.0885 e. The summed E-state index contributed by atoms with van der Waals surface area (Å²) < 4.78 is 5.35. The first-order valence-corrected chi connectivity index (χ1v) is 4.81. The Kier molecular flexibility index (Phi) is 4.28. The molecule has 1 rings (SSSR count). The van der Waals surface area contributed by atoms with Crippen LogP contribution < -0.4 is 0 Å². The molecule has 0 bridgehead atoms. The fourth-order valence-electron chi connectivity index (χ4n) is 1.89.